The number of hydrogen-bond donors (Lipinski definition) is 4. The molecule has 1 aromatic heterocycles. The van der Waals surface area contributed by atoms with Crippen molar-refractivity contribution in [2.75, 3.05) is 45.3 Å². The number of carboxylic acid groups (broad SMARTS) is 1. The van der Waals surface area contributed by atoms with E-state index in [9.17, 15) is 24.5 Å². The molecule has 0 radical (unpaired) electrons. The largest absolute Gasteiger partial charge is 0.494 e. The molecular formula is C33H48FN3O5. The predicted octanol–water partition coefficient (Wildman–Crippen LogP) is 5.54. The number of nitrogens with zero attached hydrogens (tertiary/aromatic N) is 2. The first kappa shape index (κ1) is 32.2. The zero-order chi connectivity index (χ0) is 29.9. The third-order valence-corrected chi connectivity index (χ3v) is 9.04. The average molecular weight is 586 g/mol. The fourth-order valence-corrected chi connectivity index (χ4v) is 6.48. The zero-order valence-electron chi connectivity index (χ0n) is 24.9. The molecule has 3 heterocycles. The highest BCUT2D eigenvalue weighted by atomic mass is 19.1. The Morgan fingerprint density at radius 3 is 2.60 bits per heavy atom. The molecule has 0 aliphatic carbocycles. The average Bonchev–Trinajstić information content (AvgIpc) is 2.96. The van der Waals surface area contributed by atoms with E-state index in [-0.39, 0.29) is 37.3 Å². The van der Waals surface area contributed by atoms with Crippen LogP contribution < -0.4 is 10.1 Å². The number of ether oxygens (including phenoxy) is 1. The highest BCUT2D eigenvalue weighted by Crippen LogP contribution is 2.36. The summed E-state index contributed by atoms with van der Waals surface area (Å²) in [5, 5.41) is 31.4. The van der Waals surface area contributed by atoms with Crippen LogP contribution in [0.1, 0.15) is 93.0 Å². The van der Waals surface area contributed by atoms with E-state index in [0.717, 1.165) is 95.4 Å². The summed E-state index contributed by atoms with van der Waals surface area (Å²) in [6, 6.07) is 8.84. The maximum atomic E-state index is 14.3. The summed E-state index contributed by atoms with van der Waals surface area (Å²) >= 11 is 0. The Morgan fingerprint density at radius 1 is 1.10 bits per heavy atom. The summed E-state index contributed by atoms with van der Waals surface area (Å²) in [7, 11) is 1.42. The van der Waals surface area contributed by atoms with Crippen molar-refractivity contribution >= 4 is 11.8 Å². The lowest BCUT2D eigenvalue weighted by molar-refractivity contribution is -0.139. The van der Waals surface area contributed by atoms with Crippen LogP contribution in [0.25, 0.3) is 0 Å². The first-order chi connectivity index (χ1) is 20.4. The molecular weight excluding hydrogens is 537 g/mol. The van der Waals surface area contributed by atoms with Crippen molar-refractivity contribution in [3.05, 3.63) is 53.0 Å². The van der Waals surface area contributed by atoms with Gasteiger partial charge in [0.15, 0.2) is 11.6 Å². The third-order valence-electron chi connectivity index (χ3n) is 9.04. The van der Waals surface area contributed by atoms with Crippen LogP contribution in [0, 0.1) is 17.7 Å². The Balaban J connectivity index is 1.18. The fourth-order valence-electron chi connectivity index (χ4n) is 6.48. The van der Waals surface area contributed by atoms with E-state index in [0.29, 0.717) is 17.4 Å². The smallest absolute Gasteiger partial charge is 0.305 e. The lowest BCUT2D eigenvalue weighted by Gasteiger charge is -2.44. The molecule has 4 N–H and O–H groups in total. The van der Waals surface area contributed by atoms with Gasteiger partial charge in [0.05, 0.1) is 13.5 Å². The second kappa shape index (κ2) is 16.2. The van der Waals surface area contributed by atoms with Crippen LogP contribution in [0.3, 0.4) is 0 Å². The Kier molecular flexibility index (Phi) is 12.4. The molecule has 9 heteroatoms. The van der Waals surface area contributed by atoms with Gasteiger partial charge in [-0.15, -0.1) is 0 Å². The number of anilines is 1. The minimum atomic E-state index is -0.885. The van der Waals surface area contributed by atoms with Gasteiger partial charge in [-0.25, -0.2) is 9.37 Å². The molecule has 42 heavy (non-hydrogen) atoms. The number of hydrogen-bond acceptors (Lipinski definition) is 7. The molecule has 1 fully saturated rings. The lowest BCUT2D eigenvalue weighted by Crippen LogP contribution is -2.48. The van der Waals surface area contributed by atoms with E-state index in [2.05, 4.69) is 22.3 Å². The van der Waals surface area contributed by atoms with Gasteiger partial charge in [-0.1, -0.05) is 37.8 Å². The minimum Gasteiger partial charge on any atom is -0.494 e. The molecule has 2 aliphatic rings. The summed E-state index contributed by atoms with van der Waals surface area (Å²) < 4.78 is 19.3. The van der Waals surface area contributed by atoms with E-state index in [1.807, 2.05) is 0 Å². The molecule has 0 bridgehead atoms. The summed E-state index contributed by atoms with van der Waals surface area (Å²) in [5.41, 5.74) is 3.13. The number of aromatic nitrogens is 1. The number of fused-ring (bicyclic) bond motifs is 1. The maximum absolute atomic E-state index is 14.3. The number of likely N-dealkylation sites (tertiary alicyclic amines) is 1. The Morgan fingerprint density at radius 2 is 1.88 bits per heavy atom. The summed E-state index contributed by atoms with van der Waals surface area (Å²) in [4.78, 5) is 18.6. The number of pyridine rings is 1. The SMILES string of the molecule is COc1ccc([C@H](CC(=O)O)N2CC(CCCCc3ccc4c(n3)NCCC4CCCCCC(CO)CO)C2)cc1F. The number of methoxy groups -OCH3 is 1. The van der Waals surface area contributed by atoms with E-state index >= 15 is 0 Å². The van der Waals surface area contributed by atoms with E-state index in [4.69, 9.17) is 9.72 Å². The molecule has 2 aliphatic heterocycles. The van der Waals surface area contributed by atoms with E-state index < -0.39 is 11.8 Å². The number of aliphatic carboxylic acids is 1. The molecule has 1 aromatic carbocycles. The van der Waals surface area contributed by atoms with Crippen molar-refractivity contribution in [1.29, 1.82) is 0 Å². The standard InChI is InChI=1S/C33H48FN3O5/c1-42-31-14-11-26(17-29(31)34)30(18-32(40)41)37-19-23(20-37)7-5-6-10-27-12-13-28-25(15-16-35-33(28)36-27)9-4-2-3-8-24(21-38)22-39/h11-14,17,23-25,30,38-39H,2-10,15-16,18-22H2,1H3,(H,35,36)(H,40,41)/t25?,30-/m0/s1. The number of carbonyl (C=O) groups is 1. The first-order valence-corrected chi connectivity index (χ1v) is 15.7. The van der Waals surface area contributed by atoms with Gasteiger partial charge in [0, 0.05) is 50.5 Å². The van der Waals surface area contributed by atoms with Crippen LogP contribution in [0.5, 0.6) is 5.75 Å². The number of aryl methyl sites for hydroxylation is 1. The van der Waals surface area contributed by atoms with E-state index in [1.54, 1.807) is 12.1 Å². The fraction of sp³-hybridized carbons (Fsp3) is 0.636. The molecule has 2 aromatic rings. The van der Waals surface area contributed by atoms with Gasteiger partial charge in [-0.3, -0.25) is 9.69 Å². The first-order valence-electron chi connectivity index (χ1n) is 15.7. The highest BCUT2D eigenvalue weighted by Gasteiger charge is 2.34. The molecule has 1 saturated heterocycles. The molecule has 2 atom stereocenters. The highest BCUT2D eigenvalue weighted by molar-refractivity contribution is 5.68. The number of rotatable bonds is 18. The lowest BCUT2D eigenvalue weighted by atomic mass is 9.87. The van der Waals surface area contributed by atoms with Crippen molar-refractivity contribution in [3.63, 3.8) is 0 Å². The number of unbranched alkanes of at least 4 members (excludes halogenated alkanes) is 3. The third kappa shape index (κ3) is 8.88. The van der Waals surface area contributed by atoms with Gasteiger partial charge in [0.1, 0.15) is 5.82 Å². The summed E-state index contributed by atoms with van der Waals surface area (Å²) in [6.07, 6.45) is 10.6. The van der Waals surface area contributed by atoms with Crippen molar-refractivity contribution in [2.45, 2.75) is 82.6 Å². The number of aliphatic hydroxyl groups excluding tert-OH is 2. The minimum absolute atomic E-state index is 0.0176. The Labute approximate surface area is 249 Å². The van der Waals surface area contributed by atoms with Gasteiger partial charge in [0.25, 0.3) is 0 Å². The topological polar surface area (TPSA) is 115 Å². The Bertz CT molecular complexity index is 1140. The molecule has 0 saturated carbocycles. The van der Waals surface area contributed by atoms with Gasteiger partial charge < -0.3 is 25.4 Å². The quantitative estimate of drug-likeness (QED) is 0.169. The van der Waals surface area contributed by atoms with Crippen LogP contribution in [0.2, 0.25) is 0 Å². The van der Waals surface area contributed by atoms with Crippen molar-refractivity contribution < 1.29 is 29.2 Å². The van der Waals surface area contributed by atoms with Gasteiger partial charge >= 0.3 is 5.97 Å². The number of aliphatic hydroxyl groups is 2. The molecule has 232 valence electrons. The molecule has 4 rings (SSSR count). The van der Waals surface area contributed by atoms with Crippen LogP contribution in [-0.4, -0.2) is 71.1 Å². The molecule has 8 nitrogen and oxygen atoms in total. The normalized spacial score (nSPS) is 17.9. The second-order valence-corrected chi connectivity index (χ2v) is 12.1. The second-order valence-electron chi connectivity index (χ2n) is 12.1. The van der Waals surface area contributed by atoms with Crippen LogP contribution in [-0.2, 0) is 11.2 Å². The van der Waals surface area contributed by atoms with Crippen molar-refractivity contribution in [3.8, 4) is 5.75 Å². The van der Waals surface area contributed by atoms with Crippen LogP contribution >= 0.6 is 0 Å². The number of carboxylic acids is 1. The van der Waals surface area contributed by atoms with Gasteiger partial charge in [-0.2, -0.15) is 0 Å². The monoisotopic (exact) mass is 585 g/mol. The predicted molar refractivity (Wildman–Crippen MR) is 161 cm³/mol. The number of nitrogens with one attached hydrogen (secondary N) is 1. The van der Waals surface area contributed by atoms with Crippen molar-refractivity contribution in [2.24, 2.45) is 11.8 Å². The van der Waals surface area contributed by atoms with Crippen molar-refractivity contribution in [1.82, 2.24) is 9.88 Å². The molecule has 0 amide bonds. The molecule has 1 unspecified atom stereocenters. The number of halogens is 1. The zero-order valence-corrected chi connectivity index (χ0v) is 24.9. The Hall–Kier alpha value is -2.75. The van der Waals surface area contributed by atoms with Crippen LogP contribution in [0.15, 0.2) is 30.3 Å². The van der Waals surface area contributed by atoms with E-state index in [1.165, 1.54) is 18.7 Å². The maximum Gasteiger partial charge on any atom is 0.305 e. The summed E-state index contributed by atoms with van der Waals surface area (Å²) in [5.74, 6) is 0.938. The van der Waals surface area contributed by atoms with Crippen LogP contribution in [0.4, 0.5) is 10.2 Å². The van der Waals surface area contributed by atoms with Gasteiger partial charge in [0.2, 0.25) is 0 Å². The summed E-state index contributed by atoms with van der Waals surface area (Å²) in [6.45, 7) is 2.74. The van der Waals surface area contributed by atoms with Gasteiger partial charge in [-0.05, 0) is 79.7 Å². The number of benzene rings is 1. The molecule has 0 spiro atoms.